The van der Waals surface area contributed by atoms with Crippen molar-refractivity contribution in [3.63, 3.8) is 0 Å². The largest absolute Gasteiger partial charge is 0.378 e. The highest BCUT2D eigenvalue weighted by molar-refractivity contribution is 5.79. The van der Waals surface area contributed by atoms with Gasteiger partial charge in [-0.05, 0) is 24.8 Å². The van der Waals surface area contributed by atoms with E-state index in [0.29, 0.717) is 12.6 Å². The van der Waals surface area contributed by atoms with Crippen LogP contribution in [0.25, 0.3) is 0 Å². The van der Waals surface area contributed by atoms with E-state index in [-0.39, 0.29) is 0 Å². The van der Waals surface area contributed by atoms with Gasteiger partial charge in [-0.3, -0.25) is 9.89 Å². The molecule has 0 aliphatic carbocycles. The Hall–Kier alpha value is -2.38. The molecular formula is C21H31N5O2. The number of hydrogen-bond donors (Lipinski definition) is 2. The van der Waals surface area contributed by atoms with Crippen molar-refractivity contribution in [3.8, 4) is 0 Å². The Morgan fingerprint density at radius 3 is 2.75 bits per heavy atom. The second-order valence-electron chi connectivity index (χ2n) is 7.03. The summed E-state index contributed by atoms with van der Waals surface area (Å²) in [6, 6.07) is 12.5. The molecule has 28 heavy (non-hydrogen) atoms. The molecule has 1 aliphatic heterocycles. The SMILES string of the molecule is CN=C(NCCCOC1CCN(Cc2ccccc2)CC1)NCc1ccon1. The summed E-state index contributed by atoms with van der Waals surface area (Å²) in [6.07, 6.45) is 5.13. The van der Waals surface area contributed by atoms with Crippen LogP contribution in [0.1, 0.15) is 30.5 Å². The number of nitrogens with zero attached hydrogens (tertiary/aromatic N) is 3. The topological polar surface area (TPSA) is 74.9 Å². The molecule has 0 amide bonds. The van der Waals surface area contributed by atoms with Gasteiger partial charge >= 0.3 is 0 Å². The maximum atomic E-state index is 6.07. The second kappa shape index (κ2) is 11.5. The minimum Gasteiger partial charge on any atom is -0.378 e. The van der Waals surface area contributed by atoms with E-state index >= 15 is 0 Å². The molecule has 1 fully saturated rings. The summed E-state index contributed by atoms with van der Waals surface area (Å²) in [6.45, 7) is 5.45. The van der Waals surface area contributed by atoms with Crippen LogP contribution >= 0.6 is 0 Å². The van der Waals surface area contributed by atoms with Crippen molar-refractivity contribution in [3.05, 3.63) is 53.9 Å². The first-order valence-corrected chi connectivity index (χ1v) is 10.0. The Morgan fingerprint density at radius 2 is 2.04 bits per heavy atom. The van der Waals surface area contributed by atoms with Crippen LogP contribution in [0.2, 0.25) is 0 Å². The van der Waals surface area contributed by atoms with E-state index in [1.54, 1.807) is 13.3 Å². The van der Waals surface area contributed by atoms with E-state index in [9.17, 15) is 0 Å². The number of rotatable bonds is 9. The van der Waals surface area contributed by atoms with Crippen molar-refractivity contribution >= 4 is 5.96 Å². The molecule has 0 unspecified atom stereocenters. The number of nitrogens with one attached hydrogen (secondary N) is 2. The summed E-state index contributed by atoms with van der Waals surface area (Å²) < 4.78 is 10.9. The molecule has 7 heteroatoms. The molecule has 0 radical (unpaired) electrons. The first kappa shape index (κ1) is 20.4. The van der Waals surface area contributed by atoms with E-state index in [0.717, 1.165) is 63.7 Å². The van der Waals surface area contributed by atoms with Gasteiger partial charge in [0.15, 0.2) is 5.96 Å². The molecule has 1 aliphatic rings. The van der Waals surface area contributed by atoms with E-state index in [1.165, 1.54) is 5.56 Å². The van der Waals surface area contributed by atoms with Crippen LogP contribution in [0.5, 0.6) is 0 Å². The van der Waals surface area contributed by atoms with E-state index in [4.69, 9.17) is 9.26 Å². The number of piperidine rings is 1. The van der Waals surface area contributed by atoms with Crippen molar-refractivity contribution < 1.29 is 9.26 Å². The highest BCUT2D eigenvalue weighted by Crippen LogP contribution is 2.16. The maximum Gasteiger partial charge on any atom is 0.191 e. The number of aliphatic imine (C=N–C) groups is 1. The molecular weight excluding hydrogens is 354 g/mol. The smallest absolute Gasteiger partial charge is 0.191 e. The van der Waals surface area contributed by atoms with Crippen molar-refractivity contribution in [2.45, 2.75) is 38.5 Å². The summed E-state index contributed by atoms with van der Waals surface area (Å²) in [5, 5.41) is 10.4. The van der Waals surface area contributed by atoms with Gasteiger partial charge in [-0.2, -0.15) is 0 Å². The molecule has 1 aromatic carbocycles. The third-order valence-electron chi connectivity index (χ3n) is 4.90. The van der Waals surface area contributed by atoms with Crippen LogP contribution in [-0.2, 0) is 17.8 Å². The Kier molecular flexibility index (Phi) is 8.33. The lowest BCUT2D eigenvalue weighted by atomic mass is 10.1. The molecule has 1 aromatic heterocycles. The third kappa shape index (κ3) is 6.98. The zero-order valence-corrected chi connectivity index (χ0v) is 16.6. The monoisotopic (exact) mass is 385 g/mol. The van der Waals surface area contributed by atoms with Gasteiger partial charge < -0.3 is 19.9 Å². The van der Waals surface area contributed by atoms with E-state index in [1.807, 2.05) is 6.07 Å². The van der Waals surface area contributed by atoms with Crippen LogP contribution in [0, 0.1) is 0 Å². The normalized spacial score (nSPS) is 16.2. The molecule has 2 aromatic rings. The summed E-state index contributed by atoms with van der Waals surface area (Å²) in [7, 11) is 1.76. The fourth-order valence-electron chi connectivity index (χ4n) is 3.33. The molecule has 0 bridgehead atoms. The molecule has 152 valence electrons. The summed E-state index contributed by atoms with van der Waals surface area (Å²) in [5.74, 6) is 0.761. The number of ether oxygens (including phenoxy) is 1. The van der Waals surface area contributed by atoms with Crippen molar-refractivity contribution in [1.29, 1.82) is 0 Å². The summed E-state index contributed by atoms with van der Waals surface area (Å²) in [5.41, 5.74) is 2.24. The van der Waals surface area contributed by atoms with Crippen LogP contribution in [0.3, 0.4) is 0 Å². The van der Waals surface area contributed by atoms with Crippen LogP contribution in [-0.4, -0.2) is 55.4 Å². The van der Waals surface area contributed by atoms with Gasteiger partial charge in [-0.1, -0.05) is 35.5 Å². The third-order valence-corrected chi connectivity index (χ3v) is 4.90. The van der Waals surface area contributed by atoms with E-state index in [2.05, 4.69) is 56.0 Å². The molecule has 0 saturated carbocycles. The van der Waals surface area contributed by atoms with Gasteiger partial charge in [0.25, 0.3) is 0 Å². The first-order valence-electron chi connectivity index (χ1n) is 10.0. The second-order valence-corrected chi connectivity index (χ2v) is 7.03. The van der Waals surface area contributed by atoms with Crippen LogP contribution in [0.4, 0.5) is 0 Å². The molecule has 3 rings (SSSR count). The van der Waals surface area contributed by atoms with Gasteiger partial charge in [-0.15, -0.1) is 0 Å². The Bertz CT molecular complexity index is 682. The van der Waals surface area contributed by atoms with Gasteiger partial charge in [0, 0.05) is 45.9 Å². The fraction of sp³-hybridized carbons (Fsp3) is 0.524. The minimum absolute atomic E-state index is 0.386. The highest BCUT2D eigenvalue weighted by atomic mass is 16.5. The van der Waals surface area contributed by atoms with Crippen molar-refractivity contribution in [2.75, 3.05) is 33.3 Å². The Balaban J connectivity index is 1.23. The van der Waals surface area contributed by atoms with Gasteiger partial charge in [0.05, 0.1) is 12.6 Å². The number of hydrogen-bond acceptors (Lipinski definition) is 5. The van der Waals surface area contributed by atoms with Gasteiger partial charge in [-0.25, -0.2) is 0 Å². The minimum atomic E-state index is 0.386. The zero-order chi connectivity index (χ0) is 19.4. The molecule has 2 heterocycles. The summed E-state index contributed by atoms with van der Waals surface area (Å²) in [4.78, 5) is 6.72. The highest BCUT2D eigenvalue weighted by Gasteiger charge is 2.19. The van der Waals surface area contributed by atoms with Crippen LogP contribution in [0.15, 0.2) is 52.2 Å². The quantitative estimate of drug-likeness (QED) is 0.392. The average molecular weight is 386 g/mol. The number of benzene rings is 1. The van der Waals surface area contributed by atoms with Gasteiger partial charge in [0.2, 0.25) is 0 Å². The number of likely N-dealkylation sites (tertiary alicyclic amines) is 1. The zero-order valence-electron chi connectivity index (χ0n) is 16.6. The molecule has 2 N–H and O–H groups in total. The number of aromatic nitrogens is 1. The standard InChI is InChI=1S/C21H31N5O2/c1-22-21(24-16-19-10-15-28-25-19)23-11-5-14-27-20-8-12-26(13-9-20)17-18-6-3-2-4-7-18/h2-4,6-7,10,15,20H,5,8-9,11-14,16-17H2,1H3,(H2,22,23,24). The van der Waals surface area contributed by atoms with Crippen molar-refractivity contribution in [2.24, 2.45) is 4.99 Å². The first-order chi connectivity index (χ1) is 13.8. The number of guanidine groups is 1. The average Bonchev–Trinajstić information content (AvgIpc) is 3.26. The predicted octanol–water partition coefficient (Wildman–Crippen LogP) is 2.41. The molecule has 7 nitrogen and oxygen atoms in total. The molecule has 1 saturated heterocycles. The van der Waals surface area contributed by atoms with E-state index < -0.39 is 0 Å². The summed E-state index contributed by atoms with van der Waals surface area (Å²) >= 11 is 0. The van der Waals surface area contributed by atoms with Crippen molar-refractivity contribution in [1.82, 2.24) is 20.7 Å². The lowest BCUT2D eigenvalue weighted by Crippen LogP contribution is -2.38. The van der Waals surface area contributed by atoms with Gasteiger partial charge in [0.1, 0.15) is 12.0 Å². The molecule has 0 spiro atoms. The lowest BCUT2D eigenvalue weighted by Gasteiger charge is -2.32. The fourth-order valence-corrected chi connectivity index (χ4v) is 3.33. The predicted molar refractivity (Wildman–Crippen MR) is 110 cm³/mol. The molecule has 0 atom stereocenters. The maximum absolute atomic E-state index is 6.07. The van der Waals surface area contributed by atoms with Crippen LogP contribution < -0.4 is 10.6 Å². The Morgan fingerprint density at radius 1 is 1.21 bits per heavy atom. The lowest BCUT2D eigenvalue weighted by molar-refractivity contribution is 0.00534. The Labute approximate surface area is 167 Å².